The van der Waals surface area contributed by atoms with Gasteiger partial charge in [-0.25, -0.2) is 4.79 Å². The molecule has 0 unspecified atom stereocenters. The number of fused-ring (bicyclic) bond motifs is 1. The molecule has 1 aliphatic heterocycles. The maximum atomic E-state index is 12.5. The summed E-state index contributed by atoms with van der Waals surface area (Å²) in [6.07, 6.45) is -0.707. The van der Waals surface area contributed by atoms with Crippen molar-refractivity contribution in [3.8, 4) is 0 Å². The zero-order valence-electron chi connectivity index (χ0n) is 13.3. The average molecular weight is 312 g/mol. The summed E-state index contributed by atoms with van der Waals surface area (Å²) in [5.41, 5.74) is -2.12. The summed E-state index contributed by atoms with van der Waals surface area (Å²) in [5.74, 6) is -2.02. The van der Waals surface area contributed by atoms with Gasteiger partial charge in [0.2, 0.25) is 0 Å². The zero-order chi connectivity index (χ0) is 16.7. The number of carbonyl (C=O) groups is 3. The number of hydrogen-bond acceptors (Lipinski definition) is 7. The van der Waals surface area contributed by atoms with Gasteiger partial charge >= 0.3 is 18.0 Å². The highest BCUT2D eigenvalue weighted by Gasteiger charge is 2.90. The third-order valence-electron chi connectivity index (χ3n) is 4.45. The Hall–Kier alpha value is -2.12. The molecule has 0 aromatic rings. The molecule has 0 saturated heterocycles. The van der Waals surface area contributed by atoms with Gasteiger partial charge in [-0.05, 0) is 27.7 Å². The number of esters is 2. The van der Waals surface area contributed by atoms with Crippen molar-refractivity contribution in [2.75, 3.05) is 20.3 Å². The van der Waals surface area contributed by atoms with Crippen molar-refractivity contribution in [2.24, 2.45) is 16.4 Å². The van der Waals surface area contributed by atoms with Crippen LogP contribution < -0.4 is 0 Å². The standard InChI is InChI=1S/C14H20N2O6/c1-6-21-11(18)14-8(3)15-16(12(19)22-7-2)13(14,4)9(14)10(17)20-5/h9H,6-7H2,1-5H3/t9-,13+,14-/m1/s1. The number of rotatable bonds is 4. The topological polar surface area (TPSA) is 94.5 Å². The molecular formula is C14H20N2O6. The normalized spacial score (nSPS) is 32.0. The van der Waals surface area contributed by atoms with Crippen LogP contribution in [0.3, 0.4) is 0 Å². The molecule has 2 rings (SSSR count). The molecule has 122 valence electrons. The Balaban J connectivity index is 2.47. The SMILES string of the molecule is CCOC(=O)N1N=C(C)[C@]2(C(=O)OCC)[C@H](C(=O)OC)[C@]12C. The minimum atomic E-state index is -1.30. The summed E-state index contributed by atoms with van der Waals surface area (Å²) in [4.78, 5) is 36.7. The van der Waals surface area contributed by atoms with E-state index in [1.807, 2.05) is 0 Å². The highest BCUT2D eigenvalue weighted by Crippen LogP contribution is 2.70. The molecule has 1 saturated carbocycles. The number of methoxy groups -OCH3 is 1. The van der Waals surface area contributed by atoms with Crippen LogP contribution in [0.15, 0.2) is 5.10 Å². The Morgan fingerprint density at radius 3 is 2.32 bits per heavy atom. The largest absolute Gasteiger partial charge is 0.469 e. The average Bonchev–Trinajstić information content (AvgIpc) is 2.97. The second-order valence-electron chi connectivity index (χ2n) is 5.33. The lowest BCUT2D eigenvalue weighted by Crippen LogP contribution is -2.40. The van der Waals surface area contributed by atoms with Crippen LogP contribution in [-0.4, -0.2) is 54.6 Å². The van der Waals surface area contributed by atoms with Gasteiger partial charge in [0.05, 0.1) is 26.0 Å². The number of nitrogens with zero attached hydrogens (tertiary/aromatic N) is 2. The molecule has 1 amide bonds. The van der Waals surface area contributed by atoms with Crippen molar-refractivity contribution in [1.82, 2.24) is 5.01 Å². The first-order valence-electron chi connectivity index (χ1n) is 7.11. The minimum Gasteiger partial charge on any atom is -0.469 e. The lowest BCUT2D eigenvalue weighted by Gasteiger charge is -2.21. The Morgan fingerprint density at radius 2 is 1.82 bits per heavy atom. The number of hydrazone groups is 1. The van der Waals surface area contributed by atoms with Crippen LogP contribution in [0.1, 0.15) is 27.7 Å². The monoisotopic (exact) mass is 312 g/mol. The molecule has 0 aromatic carbocycles. The van der Waals surface area contributed by atoms with Crippen LogP contribution >= 0.6 is 0 Å². The van der Waals surface area contributed by atoms with Crippen LogP contribution in [0.25, 0.3) is 0 Å². The van der Waals surface area contributed by atoms with Crippen LogP contribution in [0.4, 0.5) is 4.79 Å². The molecule has 1 fully saturated rings. The third-order valence-corrected chi connectivity index (χ3v) is 4.45. The molecule has 1 aliphatic carbocycles. The van der Waals surface area contributed by atoms with Crippen molar-refractivity contribution in [3.63, 3.8) is 0 Å². The van der Waals surface area contributed by atoms with Gasteiger partial charge in [-0.1, -0.05) is 0 Å². The molecule has 0 spiro atoms. The second kappa shape index (κ2) is 5.26. The van der Waals surface area contributed by atoms with Crippen LogP contribution in [0.5, 0.6) is 0 Å². The van der Waals surface area contributed by atoms with Gasteiger partial charge in [0, 0.05) is 0 Å². The fourth-order valence-electron chi connectivity index (χ4n) is 3.46. The van der Waals surface area contributed by atoms with E-state index < -0.39 is 34.9 Å². The van der Waals surface area contributed by atoms with Gasteiger partial charge in [-0.15, -0.1) is 0 Å². The summed E-state index contributed by atoms with van der Waals surface area (Å²) in [5, 5.41) is 5.18. The molecule has 0 radical (unpaired) electrons. The number of hydrogen-bond donors (Lipinski definition) is 0. The molecule has 8 heteroatoms. The first kappa shape index (κ1) is 16.3. The van der Waals surface area contributed by atoms with E-state index in [2.05, 4.69) is 5.10 Å². The van der Waals surface area contributed by atoms with E-state index in [4.69, 9.17) is 14.2 Å². The molecule has 0 bridgehead atoms. The Morgan fingerprint density at radius 1 is 1.23 bits per heavy atom. The van der Waals surface area contributed by atoms with E-state index in [1.165, 1.54) is 7.11 Å². The summed E-state index contributed by atoms with van der Waals surface area (Å²) in [7, 11) is 1.24. The van der Waals surface area contributed by atoms with Gasteiger partial charge in [-0.3, -0.25) is 9.59 Å². The van der Waals surface area contributed by atoms with Gasteiger partial charge in [0.15, 0.2) is 0 Å². The van der Waals surface area contributed by atoms with E-state index >= 15 is 0 Å². The van der Waals surface area contributed by atoms with Gasteiger partial charge in [-0.2, -0.15) is 10.1 Å². The first-order chi connectivity index (χ1) is 10.3. The fraction of sp³-hybridized carbons (Fsp3) is 0.714. The van der Waals surface area contributed by atoms with Gasteiger partial charge in [0.1, 0.15) is 16.9 Å². The van der Waals surface area contributed by atoms with E-state index in [-0.39, 0.29) is 13.2 Å². The van der Waals surface area contributed by atoms with Crippen LogP contribution in [0.2, 0.25) is 0 Å². The van der Waals surface area contributed by atoms with Crippen molar-refractivity contribution in [3.05, 3.63) is 0 Å². The lowest BCUT2D eigenvalue weighted by molar-refractivity contribution is -0.151. The number of carbonyl (C=O) groups excluding carboxylic acids is 3. The summed E-state index contributed by atoms with van der Waals surface area (Å²) >= 11 is 0. The smallest absolute Gasteiger partial charge is 0.430 e. The molecule has 0 aromatic heterocycles. The van der Waals surface area contributed by atoms with Gasteiger partial charge in [0.25, 0.3) is 0 Å². The molecule has 8 nitrogen and oxygen atoms in total. The molecule has 0 N–H and O–H groups in total. The maximum Gasteiger partial charge on any atom is 0.430 e. The summed E-state index contributed by atoms with van der Waals surface area (Å²) in [6, 6.07) is 0. The third kappa shape index (κ3) is 1.69. The minimum absolute atomic E-state index is 0.162. The summed E-state index contributed by atoms with van der Waals surface area (Å²) < 4.78 is 14.9. The molecule has 2 aliphatic rings. The van der Waals surface area contributed by atoms with Crippen molar-refractivity contribution >= 4 is 23.7 Å². The van der Waals surface area contributed by atoms with Crippen LogP contribution in [-0.2, 0) is 23.8 Å². The van der Waals surface area contributed by atoms with E-state index in [0.717, 1.165) is 5.01 Å². The number of amides is 1. The predicted octanol–water partition coefficient (Wildman–Crippen LogP) is 0.945. The molecule has 22 heavy (non-hydrogen) atoms. The zero-order valence-corrected chi connectivity index (χ0v) is 13.3. The second-order valence-corrected chi connectivity index (χ2v) is 5.33. The Bertz CT molecular complexity index is 560. The Kier molecular flexibility index (Phi) is 3.88. The van der Waals surface area contributed by atoms with Gasteiger partial charge < -0.3 is 14.2 Å². The molecule has 3 atom stereocenters. The Labute approximate surface area is 128 Å². The highest BCUT2D eigenvalue weighted by molar-refractivity contribution is 6.18. The van der Waals surface area contributed by atoms with E-state index in [1.54, 1.807) is 27.7 Å². The predicted molar refractivity (Wildman–Crippen MR) is 74.9 cm³/mol. The molecular weight excluding hydrogens is 292 g/mol. The number of ether oxygens (including phenoxy) is 3. The van der Waals surface area contributed by atoms with Crippen LogP contribution in [0, 0.1) is 11.3 Å². The summed E-state index contributed by atoms with van der Waals surface area (Å²) in [6.45, 7) is 6.87. The quantitative estimate of drug-likeness (QED) is 0.566. The molecule has 1 heterocycles. The van der Waals surface area contributed by atoms with Crippen molar-refractivity contribution in [1.29, 1.82) is 0 Å². The van der Waals surface area contributed by atoms with E-state index in [9.17, 15) is 14.4 Å². The first-order valence-corrected chi connectivity index (χ1v) is 7.11. The van der Waals surface area contributed by atoms with Crippen molar-refractivity contribution in [2.45, 2.75) is 33.2 Å². The maximum absolute atomic E-state index is 12.5. The highest BCUT2D eigenvalue weighted by atomic mass is 16.6. The van der Waals surface area contributed by atoms with Crippen molar-refractivity contribution < 1.29 is 28.6 Å². The fourth-order valence-corrected chi connectivity index (χ4v) is 3.46. The van der Waals surface area contributed by atoms with E-state index in [0.29, 0.717) is 5.71 Å². The lowest BCUT2D eigenvalue weighted by atomic mass is 9.95.